The van der Waals surface area contributed by atoms with Crippen LogP contribution < -0.4 is 14.4 Å². The topological polar surface area (TPSA) is 48.0 Å². The zero-order chi connectivity index (χ0) is 22.7. The number of ether oxygens (including phenoxy) is 3. The van der Waals surface area contributed by atoms with Crippen LogP contribution in [0.4, 0.5) is 10.5 Å². The number of rotatable bonds is 5. The molecule has 0 saturated carbocycles. The predicted molar refractivity (Wildman–Crippen MR) is 129 cm³/mol. The zero-order valence-electron chi connectivity index (χ0n) is 17.8. The van der Waals surface area contributed by atoms with Crippen LogP contribution in [0.3, 0.4) is 0 Å². The van der Waals surface area contributed by atoms with Crippen molar-refractivity contribution in [2.45, 2.75) is 25.5 Å². The van der Waals surface area contributed by atoms with Crippen LogP contribution in [-0.2, 0) is 17.8 Å². The molecule has 1 aliphatic rings. The molecule has 32 heavy (non-hydrogen) atoms. The molecule has 0 bridgehead atoms. The quantitative estimate of drug-likeness (QED) is 0.368. The molecular weight excluding hydrogens is 494 g/mol. The van der Waals surface area contributed by atoms with Crippen molar-refractivity contribution >= 4 is 39.3 Å². The summed E-state index contributed by atoms with van der Waals surface area (Å²) in [4.78, 5) is 15.2. The normalized spacial score (nSPS) is 15.1. The summed E-state index contributed by atoms with van der Waals surface area (Å²) < 4.78 is 17.7. The zero-order valence-corrected chi connectivity index (χ0v) is 20.2. The minimum Gasteiger partial charge on any atom is -0.496 e. The number of benzene rings is 3. The molecule has 0 N–H and O–H groups in total. The Morgan fingerprint density at radius 2 is 1.75 bits per heavy atom. The van der Waals surface area contributed by atoms with Gasteiger partial charge in [-0.25, -0.2) is 4.79 Å². The number of carbonyl (C=O) groups excluding carboxylic acids is 1. The number of anilines is 1. The average molecular weight is 517 g/mol. The molecule has 0 spiro atoms. The first kappa shape index (κ1) is 22.5. The minimum atomic E-state index is -0.470. The van der Waals surface area contributed by atoms with E-state index in [4.69, 9.17) is 25.8 Å². The van der Waals surface area contributed by atoms with Crippen LogP contribution in [-0.4, -0.2) is 20.3 Å². The monoisotopic (exact) mass is 515 g/mol. The second kappa shape index (κ2) is 9.84. The number of carbonyl (C=O) groups is 1. The van der Waals surface area contributed by atoms with E-state index in [0.29, 0.717) is 35.1 Å². The van der Waals surface area contributed by atoms with Crippen LogP contribution in [0.15, 0.2) is 65.1 Å². The Morgan fingerprint density at radius 1 is 1.06 bits per heavy atom. The van der Waals surface area contributed by atoms with Crippen molar-refractivity contribution < 1.29 is 19.0 Å². The Labute approximate surface area is 201 Å². The summed E-state index contributed by atoms with van der Waals surface area (Å²) in [5.74, 6) is 1.26. The number of halogens is 2. The lowest BCUT2D eigenvalue weighted by atomic mass is 9.90. The van der Waals surface area contributed by atoms with Crippen LogP contribution in [0.25, 0.3) is 0 Å². The van der Waals surface area contributed by atoms with E-state index in [-0.39, 0.29) is 12.6 Å². The number of para-hydroxylation sites is 1. The highest BCUT2D eigenvalue weighted by Crippen LogP contribution is 2.50. The largest absolute Gasteiger partial charge is 0.496 e. The molecule has 0 aromatic heterocycles. The van der Waals surface area contributed by atoms with E-state index in [9.17, 15) is 4.79 Å². The predicted octanol–water partition coefficient (Wildman–Crippen LogP) is 6.95. The van der Waals surface area contributed by atoms with E-state index in [1.807, 2.05) is 54.6 Å². The second-order valence-electron chi connectivity index (χ2n) is 7.41. The third-order valence-corrected chi connectivity index (χ3v) is 6.88. The molecule has 3 aromatic rings. The molecular formula is C25H23BrClNO4. The first-order valence-corrected chi connectivity index (χ1v) is 11.4. The van der Waals surface area contributed by atoms with Gasteiger partial charge in [0.2, 0.25) is 0 Å². The molecule has 4 rings (SSSR count). The molecule has 1 atom stereocenters. The van der Waals surface area contributed by atoms with Gasteiger partial charge in [-0.05, 0) is 52.0 Å². The van der Waals surface area contributed by atoms with Gasteiger partial charge in [0.05, 0.1) is 31.0 Å². The summed E-state index contributed by atoms with van der Waals surface area (Å²) in [5, 5.41) is 0.570. The van der Waals surface area contributed by atoms with Crippen molar-refractivity contribution in [2.24, 2.45) is 0 Å². The van der Waals surface area contributed by atoms with Gasteiger partial charge in [-0.15, -0.1) is 0 Å². The number of hydrogen-bond acceptors (Lipinski definition) is 4. The number of fused-ring (bicyclic) bond motifs is 1. The van der Waals surface area contributed by atoms with Gasteiger partial charge in [-0.3, -0.25) is 4.90 Å². The number of methoxy groups -OCH3 is 2. The van der Waals surface area contributed by atoms with Crippen molar-refractivity contribution in [2.75, 3.05) is 19.1 Å². The SMILES string of the molecule is COc1ccccc1C1CCc2c(Cl)c(Br)cc(OC)c2N1C(=O)OCc1ccccc1. The van der Waals surface area contributed by atoms with Crippen LogP contribution >= 0.6 is 27.5 Å². The van der Waals surface area contributed by atoms with Crippen molar-refractivity contribution in [1.29, 1.82) is 0 Å². The molecule has 1 heterocycles. The number of amides is 1. The third kappa shape index (κ3) is 4.30. The van der Waals surface area contributed by atoms with Crippen LogP contribution in [0.1, 0.15) is 29.2 Å². The van der Waals surface area contributed by atoms with Gasteiger partial charge in [0.15, 0.2) is 0 Å². The van der Waals surface area contributed by atoms with Gasteiger partial charge in [0, 0.05) is 10.0 Å². The van der Waals surface area contributed by atoms with Crippen LogP contribution in [0.5, 0.6) is 11.5 Å². The summed E-state index contributed by atoms with van der Waals surface area (Å²) in [6.45, 7) is 0.163. The summed E-state index contributed by atoms with van der Waals surface area (Å²) in [5.41, 5.74) is 3.28. The maximum atomic E-state index is 13.5. The molecule has 1 unspecified atom stereocenters. The lowest BCUT2D eigenvalue weighted by molar-refractivity contribution is 0.143. The Kier molecular flexibility index (Phi) is 6.92. The van der Waals surface area contributed by atoms with E-state index >= 15 is 0 Å². The maximum Gasteiger partial charge on any atom is 0.415 e. The number of hydrogen-bond donors (Lipinski definition) is 0. The third-order valence-electron chi connectivity index (χ3n) is 5.59. The molecule has 1 aliphatic heterocycles. The van der Waals surface area contributed by atoms with Crippen molar-refractivity contribution in [1.82, 2.24) is 0 Å². The van der Waals surface area contributed by atoms with E-state index in [1.54, 1.807) is 25.2 Å². The highest BCUT2D eigenvalue weighted by molar-refractivity contribution is 9.10. The highest BCUT2D eigenvalue weighted by atomic mass is 79.9. The van der Waals surface area contributed by atoms with E-state index < -0.39 is 6.09 Å². The van der Waals surface area contributed by atoms with Crippen molar-refractivity contribution in [3.8, 4) is 11.5 Å². The Balaban J connectivity index is 1.80. The Morgan fingerprint density at radius 3 is 2.47 bits per heavy atom. The smallest absolute Gasteiger partial charge is 0.415 e. The van der Waals surface area contributed by atoms with Crippen LogP contribution in [0.2, 0.25) is 5.02 Å². The molecule has 3 aromatic carbocycles. The first-order chi connectivity index (χ1) is 15.5. The summed E-state index contributed by atoms with van der Waals surface area (Å²) in [7, 11) is 3.21. The Bertz CT molecular complexity index is 1120. The van der Waals surface area contributed by atoms with Gasteiger partial charge in [-0.1, -0.05) is 60.1 Å². The fraction of sp³-hybridized carbons (Fsp3) is 0.240. The summed E-state index contributed by atoms with van der Waals surface area (Å²) in [6.07, 6.45) is 0.866. The van der Waals surface area contributed by atoms with Gasteiger partial charge in [-0.2, -0.15) is 0 Å². The van der Waals surface area contributed by atoms with Crippen LogP contribution in [0, 0.1) is 0 Å². The first-order valence-electron chi connectivity index (χ1n) is 10.2. The number of nitrogens with zero attached hydrogens (tertiary/aromatic N) is 1. The summed E-state index contributed by atoms with van der Waals surface area (Å²) >= 11 is 10.1. The Hall–Kier alpha value is -2.70. The molecule has 1 amide bonds. The van der Waals surface area contributed by atoms with Gasteiger partial charge in [0.25, 0.3) is 0 Å². The second-order valence-corrected chi connectivity index (χ2v) is 8.64. The fourth-order valence-electron chi connectivity index (χ4n) is 4.10. The summed E-state index contributed by atoms with van der Waals surface area (Å²) in [6, 6.07) is 18.8. The highest BCUT2D eigenvalue weighted by Gasteiger charge is 2.38. The molecule has 0 aliphatic carbocycles. The molecule has 0 radical (unpaired) electrons. The molecule has 0 saturated heterocycles. The van der Waals surface area contributed by atoms with Gasteiger partial charge in [0.1, 0.15) is 18.1 Å². The molecule has 166 valence electrons. The fourth-order valence-corrected chi connectivity index (χ4v) is 4.79. The minimum absolute atomic E-state index is 0.163. The lowest BCUT2D eigenvalue weighted by Crippen LogP contribution is -2.39. The standard InChI is InChI=1S/C25H23BrClNO4/c1-30-21-11-7-6-10-17(21)20-13-12-18-23(27)19(26)14-22(31-2)24(18)28(20)25(29)32-15-16-8-4-3-5-9-16/h3-11,14,20H,12-13,15H2,1-2H3. The maximum absolute atomic E-state index is 13.5. The van der Waals surface area contributed by atoms with E-state index in [2.05, 4.69) is 15.9 Å². The lowest BCUT2D eigenvalue weighted by Gasteiger charge is -2.38. The van der Waals surface area contributed by atoms with E-state index in [0.717, 1.165) is 21.2 Å². The molecule has 0 fully saturated rings. The van der Waals surface area contributed by atoms with Gasteiger partial charge < -0.3 is 14.2 Å². The van der Waals surface area contributed by atoms with E-state index in [1.165, 1.54) is 0 Å². The molecule has 7 heteroatoms. The van der Waals surface area contributed by atoms with Crippen molar-refractivity contribution in [3.05, 3.63) is 86.8 Å². The average Bonchev–Trinajstić information content (AvgIpc) is 2.84. The van der Waals surface area contributed by atoms with Gasteiger partial charge >= 0.3 is 6.09 Å². The van der Waals surface area contributed by atoms with Crippen molar-refractivity contribution in [3.63, 3.8) is 0 Å². The molecule has 5 nitrogen and oxygen atoms in total.